The second kappa shape index (κ2) is 8.82. The first-order chi connectivity index (χ1) is 8.67. The average molecular weight is 364 g/mol. The van der Waals surface area contributed by atoms with Crippen molar-refractivity contribution in [1.82, 2.24) is 10.2 Å². The van der Waals surface area contributed by atoms with E-state index in [9.17, 15) is 4.39 Å². The first-order valence-corrected chi connectivity index (χ1v) is 7.62. The topological polar surface area (TPSA) is 15.3 Å². The molecule has 2 nitrogen and oxygen atoms in total. The summed E-state index contributed by atoms with van der Waals surface area (Å²) in [6.45, 7) is 9.58. The van der Waals surface area contributed by atoms with Gasteiger partial charge in [-0.3, -0.25) is 0 Å². The molecule has 0 spiro atoms. The van der Waals surface area contributed by atoms with E-state index in [1.807, 2.05) is 6.07 Å². The Labute approximate surface area is 123 Å². The number of nitrogens with zero attached hydrogens (tertiary/aromatic N) is 1. The minimum atomic E-state index is -0.162. The second-order valence-corrected chi connectivity index (χ2v) is 5.46. The lowest BCUT2D eigenvalue weighted by atomic mass is 10.2. The van der Waals surface area contributed by atoms with Crippen LogP contribution >= 0.6 is 22.6 Å². The van der Waals surface area contributed by atoms with Gasteiger partial charge in [-0.05, 0) is 72.9 Å². The Balaban J connectivity index is 2.21. The number of hydrogen-bond acceptors (Lipinski definition) is 2. The third-order valence-corrected chi connectivity index (χ3v) is 4.06. The van der Waals surface area contributed by atoms with Gasteiger partial charge in [0.25, 0.3) is 0 Å². The highest BCUT2D eigenvalue weighted by atomic mass is 127. The van der Waals surface area contributed by atoms with Gasteiger partial charge >= 0.3 is 0 Å². The Bertz CT molecular complexity index is 354. The lowest BCUT2D eigenvalue weighted by Gasteiger charge is -2.17. The molecule has 0 aliphatic heterocycles. The molecule has 0 bridgehead atoms. The van der Waals surface area contributed by atoms with Crippen molar-refractivity contribution < 1.29 is 4.39 Å². The zero-order valence-corrected chi connectivity index (χ0v) is 13.3. The number of benzene rings is 1. The van der Waals surface area contributed by atoms with Gasteiger partial charge in [0.1, 0.15) is 5.82 Å². The van der Waals surface area contributed by atoms with Crippen LogP contribution in [0.5, 0.6) is 0 Å². The quantitative estimate of drug-likeness (QED) is 0.563. The lowest BCUT2D eigenvalue weighted by molar-refractivity contribution is 0.298. The van der Waals surface area contributed by atoms with E-state index in [1.54, 1.807) is 6.07 Å². The molecule has 1 aromatic carbocycles. The molecule has 1 aromatic rings. The molecular formula is C14H22FIN2. The Morgan fingerprint density at radius 3 is 2.61 bits per heavy atom. The molecular weight excluding hydrogens is 342 g/mol. The van der Waals surface area contributed by atoms with Crippen molar-refractivity contribution >= 4 is 22.6 Å². The van der Waals surface area contributed by atoms with E-state index in [2.05, 4.69) is 46.7 Å². The molecule has 102 valence electrons. The number of hydrogen-bond donors (Lipinski definition) is 1. The average Bonchev–Trinajstić information content (AvgIpc) is 2.36. The molecule has 0 fully saturated rings. The summed E-state index contributed by atoms with van der Waals surface area (Å²) in [6.07, 6.45) is 1.15. The summed E-state index contributed by atoms with van der Waals surface area (Å²) < 4.78 is 13.9. The van der Waals surface area contributed by atoms with E-state index in [0.717, 1.165) is 42.7 Å². The van der Waals surface area contributed by atoms with Crippen molar-refractivity contribution in [3.8, 4) is 0 Å². The smallest absolute Gasteiger partial charge is 0.124 e. The van der Waals surface area contributed by atoms with Crippen LogP contribution in [-0.4, -0.2) is 31.1 Å². The number of rotatable bonds is 8. The zero-order chi connectivity index (χ0) is 13.4. The molecule has 0 unspecified atom stereocenters. The molecule has 0 aliphatic rings. The molecule has 0 saturated heterocycles. The first kappa shape index (κ1) is 15.9. The maximum atomic E-state index is 12.9. The van der Waals surface area contributed by atoms with Crippen LogP contribution in [0.1, 0.15) is 25.8 Å². The summed E-state index contributed by atoms with van der Waals surface area (Å²) >= 11 is 2.18. The van der Waals surface area contributed by atoms with Crippen molar-refractivity contribution in [3.05, 3.63) is 33.1 Å². The predicted molar refractivity (Wildman–Crippen MR) is 83.2 cm³/mol. The van der Waals surface area contributed by atoms with Crippen LogP contribution in [0.25, 0.3) is 0 Å². The highest BCUT2D eigenvalue weighted by Gasteiger charge is 2.01. The van der Waals surface area contributed by atoms with Crippen molar-refractivity contribution in [3.63, 3.8) is 0 Å². The van der Waals surface area contributed by atoms with Crippen molar-refractivity contribution in [1.29, 1.82) is 0 Å². The van der Waals surface area contributed by atoms with Gasteiger partial charge in [-0.25, -0.2) is 4.39 Å². The van der Waals surface area contributed by atoms with Crippen LogP contribution in [-0.2, 0) is 6.54 Å². The molecule has 18 heavy (non-hydrogen) atoms. The second-order valence-electron chi connectivity index (χ2n) is 4.29. The molecule has 0 atom stereocenters. The number of nitrogens with one attached hydrogen (secondary N) is 1. The Hall–Kier alpha value is -0.200. The van der Waals surface area contributed by atoms with E-state index in [1.165, 1.54) is 11.6 Å². The lowest BCUT2D eigenvalue weighted by Crippen LogP contribution is -2.27. The summed E-state index contributed by atoms with van der Waals surface area (Å²) in [5.74, 6) is -0.162. The molecule has 0 heterocycles. The van der Waals surface area contributed by atoms with Gasteiger partial charge in [0.2, 0.25) is 0 Å². The Morgan fingerprint density at radius 2 is 2.00 bits per heavy atom. The summed E-state index contributed by atoms with van der Waals surface area (Å²) in [6, 6.07) is 4.96. The molecule has 0 radical (unpaired) electrons. The van der Waals surface area contributed by atoms with Crippen molar-refractivity contribution in [2.75, 3.05) is 26.2 Å². The minimum Gasteiger partial charge on any atom is -0.313 e. The van der Waals surface area contributed by atoms with Crippen LogP contribution < -0.4 is 5.32 Å². The predicted octanol–water partition coefficient (Wildman–Crippen LogP) is 3.25. The van der Waals surface area contributed by atoms with Gasteiger partial charge in [-0.1, -0.05) is 19.9 Å². The molecule has 0 aromatic heterocycles. The van der Waals surface area contributed by atoms with Crippen LogP contribution in [0.4, 0.5) is 4.39 Å². The Kier molecular flexibility index (Phi) is 7.77. The largest absolute Gasteiger partial charge is 0.313 e. The molecule has 0 saturated carbocycles. The molecule has 0 aliphatic carbocycles. The normalized spacial score (nSPS) is 11.2. The fourth-order valence-corrected chi connectivity index (χ4v) is 2.52. The van der Waals surface area contributed by atoms with E-state index in [-0.39, 0.29) is 5.82 Å². The fourth-order valence-electron chi connectivity index (χ4n) is 1.86. The zero-order valence-electron chi connectivity index (χ0n) is 11.2. The number of halogens is 2. The summed E-state index contributed by atoms with van der Waals surface area (Å²) in [4.78, 5) is 2.42. The van der Waals surface area contributed by atoms with E-state index < -0.39 is 0 Å². The SMILES string of the molecule is CCN(CC)CCCNCc1ccc(F)cc1I. The monoisotopic (exact) mass is 364 g/mol. The van der Waals surface area contributed by atoms with Gasteiger partial charge in [0.05, 0.1) is 0 Å². The third kappa shape index (κ3) is 5.63. The van der Waals surface area contributed by atoms with E-state index >= 15 is 0 Å². The van der Waals surface area contributed by atoms with Crippen LogP contribution in [0.15, 0.2) is 18.2 Å². The fraction of sp³-hybridized carbons (Fsp3) is 0.571. The minimum absolute atomic E-state index is 0.162. The van der Waals surface area contributed by atoms with Crippen molar-refractivity contribution in [2.24, 2.45) is 0 Å². The maximum absolute atomic E-state index is 12.9. The summed E-state index contributed by atoms with van der Waals surface area (Å²) in [5.41, 5.74) is 1.17. The highest BCUT2D eigenvalue weighted by molar-refractivity contribution is 14.1. The first-order valence-electron chi connectivity index (χ1n) is 6.54. The van der Waals surface area contributed by atoms with Crippen LogP contribution in [0.3, 0.4) is 0 Å². The standard InChI is InChI=1S/C14H22FIN2/c1-3-18(4-2)9-5-8-17-11-12-6-7-13(15)10-14(12)16/h6-7,10,17H,3-5,8-9,11H2,1-2H3. The Morgan fingerprint density at radius 1 is 1.28 bits per heavy atom. The summed E-state index contributed by atoms with van der Waals surface area (Å²) in [7, 11) is 0. The van der Waals surface area contributed by atoms with Crippen molar-refractivity contribution in [2.45, 2.75) is 26.8 Å². The maximum Gasteiger partial charge on any atom is 0.124 e. The van der Waals surface area contributed by atoms with Gasteiger partial charge in [0, 0.05) is 10.1 Å². The van der Waals surface area contributed by atoms with Gasteiger partial charge < -0.3 is 10.2 Å². The van der Waals surface area contributed by atoms with Gasteiger partial charge in [-0.2, -0.15) is 0 Å². The van der Waals surface area contributed by atoms with E-state index in [4.69, 9.17) is 0 Å². The third-order valence-electron chi connectivity index (χ3n) is 3.05. The van der Waals surface area contributed by atoms with Gasteiger partial charge in [0.15, 0.2) is 0 Å². The van der Waals surface area contributed by atoms with Crippen LogP contribution in [0.2, 0.25) is 0 Å². The summed E-state index contributed by atoms with van der Waals surface area (Å²) in [5, 5.41) is 3.41. The molecule has 1 rings (SSSR count). The molecule has 4 heteroatoms. The van der Waals surface area contributed by atoms with Gasteiger partial charge in [-0.15, -0.1) is 0 Å². The van der Waals surface area contributed by atoms with E-state index in [0.29, 0.717) is 0 Å². The van der Waals surface area contributed by atoms with Crippen LogP contribution in [0, 0.1) is 9.39 Å². The molecule has 0 amide bonds. The molecule has 1 N–H and O–H groups in total. The highest BCUT2D eigenvalue weighted by Crippen LogP contribution is 2.13.